The molecule has 15 heavy (non-hydrogen) atoms. The van der Waals surface area contributed by atoms with Crippen LogP contribution in [0.4, 0.5) is 0 Å². The van der Waals surface area contributed by atoms with Crippen LogP contribution in [0.1, 0.15) is 11.5 Å². The number of carbonyl (C=O) groups excluding carboxylic acids is 1. The summed E-state index contributed by atoms with van der Waals surface area (Å²) in [5, 5.41) is 0. The summed E-state index contributed by atoms with van der Waals surface area (Å²) in [4.78, 5) is 11.9. The van der Waals surface area contributed by atoms with E-state index in [1.165, 1.54) is 5.57 Å². The Bertz CT molecular complexity index is 419. The highest BCUT2D eigenvalue weighted by molar-refractivity contribution is 5.99. The Morgan fingerprint density at radius 2 is 2.00 bits per heavy atom. The van der Waals surface area contributed by atoms with E-state index in [0.717, 1.165) is 5.56 Å². The van der Waals surface area contributed by atoms with Crippen molar-refractivity contribution >= 4 is 5.78 Å². The predicted octanol–water partition coefficient (Wildman–Crippen LogP) is 1.93. The number of hydrogen-bond donors (Lipinski definition) is 0. The summed E-state index contributed by atoms with van der Waals surface area (Å²) in [6.07, 6.45) is 1.77. The first kappa shape index (κ1) is 8.86. The standard InChI is InChI=1S/C13H12O2/c14-12-6-10-7-15-8-11(10)13(12)9-4-2-1-3-5-9/h1-6,11,13H,7-8H2/t11-,13+/m1/s1. The lowest BCUT2D eigenvalue weighted by atomic mass is 9.86. The molecule has 1 aliphatic heterocycles. The second kappa shape index (κ2) is 3.31. The van der Waals surface area contributed by atoms with Crippen LogP contribution in [0, 0.1) is 5.92 Å². The maximum atomic E-state index is 11.9. The van der Waals surface area contributed by atoms with Crippen LogP contribution in [0.15, 0.2) is 42.0 Å². The fourth-order valence-electron chi connectivity index (χ4n) is 2.50. The molecule has 0 bridgehead atoms. The molecule has 1 heterocycles. The lowest BCUT2D eigenvalue weighted by Gasteiger charge is -2.15. The van der Waals surface area contributed by atoms with Crippen molar-refractivity contribution in [3.8, 4) is 0 Å². The van der Waals surface area contributed by atoms with Crippen LogP contribution in [-0.2, 0) is 9.53 Å². The third kappa shape index (κ3) is 1.33. The molecule has 1 aromatic carbocycles. The SMILES string of the molecule is O=C1C=C2COC[C@H]2[C@@H]1c1ccccc1. The van der Waals surface area contributed by atoms with Crippen molar-refractivity contribution in [3.05, 3.63) is 47.5 Å². The van der Waals surface area contributed by atoms with E-state index in [4.69, 9.17) is 4.74 Å². The van der Waals surface area contributed by atoms with E-state index in [0.29, 0.717) is 19.1 Å². The van der Waals surface area contributed by atoms with Crippen molar-refractivity contribution in [2.75, 3.05) is 13.2 Å². The molecule has 2 heteroatoms. The minimum Gasteiger partial charge on any atom is -0.376 e. The number of hydrogen-bond acceptors (Lipinski definition) is 2. The van der Waals surface area contributed by atoms with Gasteiger partial charge >= 0.3 is 0 Å². The van der Waals surface area contributed by atoms with Crippen LogP contribution >= 0.6 is 0 Å². The quantitative estimate of drug-likeness (QED) is 0.692. The molecule has 1 aliphatic carbocycles. The Labute approximate surface area is 88.6 Å². The van der Waals surface area contributed by atoms with Crippen molar-refractivity contribution in [2.24, 2.45) is 5.92 Å². The molecule has 1 aromatic rings. The normalized spacial score (nSPS) is 29.1. The van der Waals surface area contributed by atoms with E-state index in [-0.39, 0.29) is 11.7 Å². The van der Waals surface area contributed by atoms with Gasteiger partial charge in [0.2, 0.25) is 0 Å². The third-order valence-corrected chi connectivity index (χ3v) is 3.24. The predicted molar refractivity (Wildman–Crippen MR) is 56.6 cm³/mol. The molecule has 0 N–H and O–H groups in total. The van der Waals surface area contributed by atoms with Gasteiger partial charge in [0.25, 0.3) is 0 Å². The largest absolute Gasteiger partial charge is 0.376 e. The number of benzene rings is 1. The molecular formula is C13H12O2. The lowest BCUT2D eigenvalue weighted by molar-refractivity contribution is -0.116. The van der Waals surface area contributed by atoms with Crippen LogP contribution in [-0.4, -0.2) is 19.0 Å². The van der Waals surface area contributed by atoms with Gasteiger partial charge in [0.05, 0.1) is 19.1 Å². The average molecular weight is 200 g/mol. The van der Waals surface area contributed by atoms with Gasteiger partial charge in [-0.15, -0.1) is 0 Å². The first-order chi connectivity index (χ1) is 7.36. The average Bonchev–Trinajstić information content (AvgIpc) is 2.78. The highest BCUT2D eigenvalue weighted by Crippen LogP contribution is 2.40. The molecule has 0 spiro atoms. The van der Waals surface area contributed by atoms with E-state index in [1.54, 1.807) is 6.08 Å². The molecule has 2 nitrogen and oxygen atoms in total. The summed E-state index contributed by atoms with van der Waals surface area (Å²) >= 11 is 0. The van der Waals surface area contributed by atoms with Gasteiger partial charge in [-0.25, -0.2) is 0 Å². The van der Waals surface area contributed by atoms with E-state index in [9.17, 15) is 4.79 Å². The monoisotopic (exact) mass is 200 g/mol. The van der Waals surface area contributed by atoms with Crippen molar-refractivity contribution in [2.45, 2.75) is 5.92 Å². The van der Waals surface area contributed by atoms with E-state index >= 15 is 0 Å². The molecule has 3 rings (SSSR count). The summed E-state index contributed by atoms with van der Waals surface area (Å²) < 4.78 is 5.39. The molecule has 0 aromatic heterocycles. The fourth-order valence-corrected chi connectivity index (χ4v) is 2.50. The summed E-state index contributed by atoms with van der Waals surface area (Å²) in [5.74, 6) is 0.535. The summed E-state index contributed by atoms with van der Waals surface area (Å²) in [5.41, 5.74) is 2.29. The summed E-state index contributed by atoms with van der Waals surface area (Å²) in [6, 6.07) is 9.99. The van der Waals surface area contributed by atoms with Crippen molar-refractivity contribution < 1.29 is 9.53 Å². The molecule has 1 fully saturated rings. The molecule has 0 amide bonds. The van der Waals surface area contributed by atoms with Crippen LogP contribution < -0.4 is 0 Å². The number of rotatable bonds is 1. The number of ether oxygens (including phenoxy) is 1. The summed E-state index contributed by atoms with van der Waals surface area (Å²) in [7, 11) is 0. The van der Waals surface area contributed by atoms with Gasteiger partial charge in [0.15, 0.2) is 5.78 Å². The molecule has 0 saturated carbocycles. The van der Waals surface area contributed by atoms with Gasteiger partial charge in [-0.2, -0.15) is 0 Å². The first-order valence-electron chi connectivity index (χ1n) is 5.23. The zero-order valence-electron chi connectivity index (χ0n) is 8.35. The molecule has 1 saturated heterocycles. The maximum Gasteiger partial charge on any atom is 0.163 e. The summed E-state index contributed by atoms with van der Waals surface area (Å²) in [6.45, 7) is 1.33. The van der Waals surface area contributed by atoms with Gasteiger partial charge in [-0.3, -0.25) is 4.79 Å². The Balaban J connectivity index is 1.98. The van der Waals surface area contributed by atoms with E-state index in [1.807, 2.05) is 30.3 Å². The van der Waals surface area contributed by atoms with Gasteiger partial charge < -0.3 is 4.74 Å². The second-order valence-corrected chi connectivity index (χ2v) is 4.13. The van der Waals surface area contributed by atoms with Gasteiger partial charge in [0.1, 0.15) is 0 Å². The molecular weight excluding hydrogens is 188 g/mol. The Hall–Kier alpha value is -1.41. The highest BCUT2D eigenvalue weighted by Gasteiger charge is 2.40. The number of fused-ring (bicyclic) bond motifs is 1. The van der Waals surface area contributed by atoms with E-state index in [2.05, 4.69) is 0 Å². The Morgan fingerprint density at radius 1 is 1.20 bits per heavy atom. The molecule has 2 aliphatic rings. The maximum absolute atomic E-state index is 11.9. The van der Waals surface area contributed by atoms with Gasteiger partial charge in [-0.05, 0) is 17.2 Å². The molecule has 76 valence electrons. The third-order valence-electron chi connectivity index (χ3n) is 3.24. The Kier molecular flexibility index (Phi) is 1.96. The van der Waals surface area contributed by atoms with Crippen molar-refractivity contribution in [3.63, 3.8) is 0 Å². The highest BCUT2D eigenvalue weighted by atomic mass is 16.5. The minimum atomic E-state index is 0.00343. The van der Waals surface area contributed by atoms with Crippen LogP contribution in [0.3, 0.4) is 0 Å². The van der Waals surface area contributed by atoms with Crippen molar-refractivity contribution in [1.29, 1.82) is 0 Å². The van der Waals surface area contributed by atoms with Crippen molar-refractivity contribution in [1.82, 2.24) is 0 Å². The number of carbonyl (C=O) groups is 1. The number of allylic oxidation sites excluding steroid dienone is 1. The second-order valence-electron chi connectivity index (χ2n) is 4.13. The lowest BCUT2D eigenvalue weighted by Crippen LogP contribution is -2.15. The van der Waals surface area contributed by atoms with E-state index < -0.39 is 0 Å². The number of ketones is 1. The smallest absolute Gasteiger partial charge is 0.163 e. The fraction of sp³-hybridized carbons (Fsp3) is 0.308. The topological polar surface area (TPSA) is 26.3 Å². The molecule has 2 atom stereocenters. The minimum absolute atomic E-state index is 0.00343. The Morgan fingerprint density at radius 3 is 2.80 bits per heavy atom. The first-order valence-corrected chi connectivity index (χ1v) is 5.23. The molecule has 0 radical (unpaired) electrons. The van der Waals surface area contributed by atoms with Crippen LogP contribution in [0.5, 0.6) is 0 Å². The van der Waals surface area contributed by atoms with Crippen LogP contribution in [0.25, 0.3) is 0 Å². The zero-order valence-corrected chi connectivity index (χ0v) is 8.35. The van der Waals surface area contributed by atoms with Crippen LogP contribution in [0.2, 0.25) is 0 Å². The zero-order chi connectivity index (χ0) is 10.3. The van der Waals surface area contributed by atoms with Gasteiger partial charge in [-0.1, -0.05) is 30.3 Å². The molecule has 0 unspecified atom stereocenters. The van der Waals surface area contributed by atoms with Gasteiger partial charge in [0, 0.05) is 5.92 Å².